The molecule has 6 heteroatoms. The molecule has 1 aromatic carbocycles. The van der Waals surface area contributed by atoms with Crippen molar-refractivity contribution in [1.29, 1.82) is 5.41 Å². The number of nitro groups is 1. The van der Waals surface area contributed by atoms with E-state index in [0.717, 1.165) is 5.54 Å². The highest BCUT2D eigenvalue weighted by Gasteiger charge is 2.17. The van der Waals surface area contributed by atoms with Gasteiger partial charge in [0.15, 0.2) is 0 Å². The second kappa shape index (κ2) is 5.27. The number of halogens is 1. The van der Waals surface area contributed by atoms with Crippen molar-refractivity contribution in [1.82, 2.24) is 0 Å². The molecule has 0 amide bonds. The van der Waals surface area contributed by atoms with Gasteiger partial charge in [0.1, 0.15) is 0 Å². The summed E-state index contributed by atoms with van der Waals surface area (Å²) in [5, 5.41) is 18.3. The van der Waals surface area contributed by atoms with Crippen molar-refractivity contribution in [2.45, 2.75) is 0 Å². The van der Waals surface area contributed by atoms with Gasteiger partial charge < -0.3 is 4.74 Å². The molecule has 0 heterocycles. The van der Waals surface area contributed by atoms with Crippen LogP contribution in [0.1, 0.15) is 11.1 Å². The van der Waals surface area contributed by atoms with Gasteiger partial charge in [0.2, 0.25) is 5.90 Å². The molecule has 0 aromatic heterocycles. The first kappa shape index (κ1) is 12.2. The summed E-state index contributed by atoms with van der Waals surface area (Å²) in [6.07, 6.45) is 1.36. The molecule has 0 unspecified atom stereocenters. The van der Waals surface area contributed by atoms with Gasteiger partial charge in [-0.1, -0.05) is 17.7 Å². The van der Waals surface area contributed by atoms with Gasteiger partial charge in [0.25, 0.3) is 5.69 Å². The summed E-state index contributed by atoms with van der Waals surface area (Å²) in [6, 6.07) is 4.40. The van der Waals surface area contributed by atoms with Crippen LogP contribution >= 0.6 is 11.6 Å². The summed E-state index contributed by atoms with van der Waals surface area (Å²) in [5.41, 5.74) is 1.63. The highest BCUT2D eigenvalue weighted by Crippen LogP contribution is 2.24. The van der Waals surface area contributed by atoms with E-state index < -0.39 is 4.92 Å². The first-order chi connectivity index (χ1) is 7.61. The summed E-state index contributed by atoms with van der Waals surface area (Å²) >= 11 is 5.42. The first-order valence-corrected chi connectivity index (χ1v) is 4.72. The Bertz CT molecular complexity index is 457. The Labute approximate surface area is 97.0 Å². The Balaban J connectivity index is 3.44. The minimum absolute atomic E-state index is 0.115. The number of nitro benzene ring substituents is 1. The average Bonchev–Trinajstić information content (AvgIpc) is 2.28. The predicted molar refractivity (Wildman–Crippen MR) is 61.8 cm³/mol. The van der Waals surface area contributed by atoms with E-state index in [-0.39, 0.29) is 17.1 Å². The molecule has 0 aliphatic carbocycles. The molecule has 0 saturated heterocycles. The van der Waals surface area contributed by atoms with Gasteiger partial charge in [-0.15, -0.1) is 0 Å². The number of hydrogen-bond donors (Lipinski definition) is 1. The third kappa shape index (κ3) is 2.38. The van der Waals surface area contributed by atoms with Crippen LogP contribution in [0.3, 0.4) is 0 Å². The lowest BCUT2D eigenvalue weighted by molar-refractivity contribution is -0.385. The predicted octanol–water partition coefficient (Wildman–Crippen LogP) is 2.78. The highest BCUT2D eigenvalue weighted by molar-refractivity contribution is 6.27. The number of ether oxygens (including phenoxy) is 1. The zero-order valence-corrected chi connectivity index (χ0v) is 9.19. The van der Waals surface area contributed by atoms with E-state index in [1.54, 1.807) is 6.07 Å². The second-order valence-corrected chi connectivity index (χ2v) is 3.07. The van der Waals surface area contributed by atoms with Crippen LogP contribution in [0.2, 0.25) is 0 Å². The fourth-order valence-electron chi connectivity index (χ4n) is 1.26. The van der Waals surface area contributed by atoms with E-state index in [9.17, 15) is 10.1 Å². The normalized spacial score (nSPS) is 10.4. The molecule has 1 N–H and O–H groups in total. The highest BCUT2D eigenvalue weighted by atomic mass is 35.5. The van der Waals surface area contributed by atoms with Crippen molar-refractivity contribution in [3.63, 3.8) is 0 Å². The standard InChI is InChI=1S/C10H9ClN2O3/c1-16-10(12)8-3-2-4-9(13(14)15)7(8)5-6-11/h2-6,12H,1H3/b6-5+,12-10?. The maximum atomic E-state index is 10.8. The number of nitrogens with zero attached hydrogens (tertiary/aromatic N) is 1. The molecule has 1 aromatic rings. The Kier molecular flexibility index (Phi) is 4.02. The Hall–Kier alpha value is -1.88. The van der Waals surface area contributed by atoms with Crippen LogP contribution in [0.15, 0.2) is 23.7 Å². The van der Waals surface area contributed by atoms with Gasteiger partial charge in [-0.05, 0) is 12.1 Å². The molecule has 0 aliphatic rings. The third-order valence-electron chi connectivity index (χ3n) is 1.96. The molecule has 0 aliphatic heterocycles. The molecule has 1 rings (SSSR count). The maximum absolute atomic E-state index is 10.8. The monoisotopic (exact) mass is 240 g/mol. The fourth-order valence-corrected chi connectivity index (χ4v) is 1.38. The quantitative estimate of drug-likeness (QED) is 0.382. The van der Waals surface area contributed by atoms with Crippen LogP contribution in [0.4, 0.5) is 5.69 Å². The van der Waals surface area contributed by atoms with Crippen LogP contribution in [0, 0.1) is 15.5 Å². The van der Waals surface area contributed by atoms with E-state index >= 15 is 0 Å². The molecule has 5 nitrogen and oxygen atoms in total. The molecule has 16 heavy (non-hydrogen) atoms. The molecular formula is C10H9ClN2O3. The van der Waals surface area contributed by atoms with Crippen LogP contribution in [0.5, 0.6) is 0 Å². The van der Waals surface area contributed by atoms with E-state index in [1.807, 2.05) is 0 Å². The van der Waals surface area contributed by atoms with E-state index in [2.05, 4.69) is 0 Å². The van der Waals surface area contributed by atoms with Crippen molar-refractivity contribution in [3.05, 3.63) is 45.0 Å². The summed E-state index contributed by atoms with van der Waals surface area (Å²) in [4.78, 5) is 10.2. The van der Waals surface area contributed by atoms with Gasteiger partial charge in [0.05, 0.1) is 23.2 Å². The Morgan fingerprint density at radius 3 is 2.81 bits per heavy atom. The summed E-state index contributed by atoms with van der Waals surface area (Å²) in [5.74, 6) is -0.145. The maximum Gasteiger partial charge on any atom is 0.277 e. The summed E-state index contributed by atoms with van der Waals surface area (Å²) < 4.78 is 4.74. The van der Waals surface area contributed by atoms with Gasteiger partial charge in [-0.3, -0.25) is 15.5 Å². The molecule has 84 valence electrons. The lowest BCUT2D eigenvalue weighted by Crippen LogP contribution is -2.05. The molecule has 0 saturated carbocycles. The smallest absolute Gasteiger partial charge is 0.277 e. The molecule has 0 radical (unpaired) electrons. The van der Waals surface area contributed by atoms with Gasteiger partial charge in [0, 0.05) is 11.6 Å². The largest absolute Gasteiger partial charge is 0.481 e. The number of benzene rings is 1. The first-order valence-electron chi connectivity index (χ1n) is 4.29. The SMILES string of the molecule is COC(=N)c1cccc([N+](=O)[O-])c1/C=C/Cl. The number of nitrogens with one attached hydrogen (secondary N) is 1. The van der Waals surface area contributed by atoms with E-state index in [0.29, 0.717) is 5.56 Å². The van der Waals surface area contributed by atoms with Crippen LogP contribution in [0.25, 0.3) is 6.08 Å². The lowest BCUT2D eigenvalue weighted by Gasteiger charge is -2.06. The topological polar surface area (TPSA) is 76.2 Å². The van der Waals surface area contributed by atoms with E-state index in [4.69, 9.17) is 21.7 Å². The van der Waals surface area contributed by atoms with Gasteiger partial charge in [-0.25, -0.2) is 0 Å². The minimum Gasteiger partial charge on any atom is -0.481 e. The Morgan fingerprint density at radius 2 is 2.31 bits per heavy atom. The lowest BCUT2D eigenvalue weighted by atomic mass is 10.1. The van der Waals surface area contributed by atoms with Crippen molar-refractivity contribution in [2.75, 3.05) is 7.11 Å². The average molecular weight is 241 g/mol. The number of methoxy groups -OCH3 is 1. The van der Waals surface area contributed by atoms with Crippen molar-refractivity contribution < 1.29 is 9.66 Å². The zero-order chi connectivity index (χ0) is 12.1. The van der Waals surface area contributed by atoms with Crippen LogP contribution < -0.4 is 0 Å². The van der Waals surface area contributed by atoms with E-state index in [1.165, 1.54) is 25.3 Å². The molecule has 0 atom stereocenters. The number of hydrogen-bond acceptors (Lipinski definition) is 4. The number of rotatable bonds is 3. The van der Waals surface area contributed by atoms with Crippen molar-refractivity contribution in [3.8, 4) is 0 Å². The molecule has 0 spiro atoms. The van der Waals surface area contributed by atoms with Gasteiger partial charge >= 0.3 is 0 Å². The summed E-state index contributed by atoms with van der Waals surface area (Å²) in [6.45, 7) is 0. The summed E-state index contributed by atoms with van der Waals surface area (Å²) in [7, 11) is 1.33. The van der Waals surface area contributed by atoms with Crippen molar-refractivity contribution >= 4 is 29.3 Å². The van der Waals surface area contributed by atoms with Crippen LogP contribution in [-0.2, 0) is 4.74 Å². The zero-order valence-electron chi connectivity index (χ0n) is 8.44. The third-order valence-corrected chi connectivity index (χ3v) is 2.08. The molecular weight excluding hydrogens is 232 g/mol. The van der Waals surface area contributed by atoms with Crippen molar-refractivity contribution in [2.24, 2.45) is 0 Å². The van der Waals surface area contributed by atoms with Gasteiger partial charge in [-0.2, -0.15) is 0 Å². The minimum atomic E-state index is -0.529. The molecule has 0 fully saturated rings. The van der Waals surface area contributed by atoms with Crippen LogP contribution in [-0.4, -0.2) is 17.9 Å². The second-order valence-electron chi connectivity index (χ2n) is 2.82. The Morgan fingerprint density at radius 1 is 1.62 bits per heavy atom. The molecule has 0 bridgehead atoms. The fraction of sp³-hybridized carbons (Fsp3) is 0.100.